The monoisotopic (exact) mass is 744 g/mol. The highest BCUT2D eigenvalue weighted by molar-refractivity contribution is 6.21. The fraction of sp³-hybridized carbons (Fsp3) is 0. The van der Waals surface area contributed by atoms with Gasteiger partial charge in [-0.1, -0.05) is 133 Å². The molecule has 0 aliphatic carbocycles. The van der Waals surface area contributed by atoms with Crippen LogP contribution in [0.4, 0.5) is 0 Å². The van der Waals surface area contributed by atoms with Gasteiger partial charge >= 0.3 is 0 Å². The molecule has 4 aromatic heterocycles. The highest BCUT2D eigenvalue weighted by Gasteiger charge is 2.23. The van der Waals surface area contributed by atoms with E-state index in [0.29, 0.717) is 0 Å². The average Bonchev–Trinajstić information content (AvgIpc) is 4.15. The molecule has 0 aliphatic rings. The summed E-state index contributed by atoms with van der Waals surface area (Å²) in [5.74, 6) is 1.61. The van der Waals surface area contributed by atoms with Crippen molar-refractivity contribution >= 4 is 21.5 Å². The van der Waals surface area contributed by atoms with Gasteiger partial charge in [0.05, 0.1) is 35.3 Å². The molecule has 0 radical (unpaired) electrons. The first-order valence-electron chi connectivity index (χ1n) is 19.6. The summed E-state index contributed by atoms with van der Waals surface area (Å²) in [6, 6.07) is 73.0. The molecule has 0 spiro atoms. The molecule has 274 valence electrons. The van der Waals surface area contributed by atoms with Crippen LogP contribution in [-0.2, 0) is 0 Å². The van der Waals surface area contributed by atoms with E-state index in [1.807, 2.05) is 12.1 Å². The number of rotatable bonds is 8. The standard InChI is InChI=1S/C54H36N2O2/c1-5-15-37(16-6-1)47-29-30-48(38-17-7-2-8-18-38)55(47)41-25-27-43-45(35-41)53(51-23-13-33-57-51)44-28-26-42(36-46(44)54(43)52-24-14-34-58-52)56-49(39-19-9-3-10-20-39)31-32-50(56)40-21-11-4-12-22-40/h1-36H. The normalized spacial score (nSPS) is 11.4. The summed E-state index contributed by atoms with van der Waals surface area (Å²) in [5.41, 5.74) is 13.2. The molecule has 4 heteroatoms. The lowest BCUT2D eigenvalue weighted by atomic mass is 9.89. The Balaban J connectivity index is 1.21. The zero-order chi connectivity index (χ0) is 38.4. The lowest BCUT2D eigenvalue weighted by Gasteiger charge is -2.20. The van der Waals surface area contributed by atoms with E-state index in [0.717, 1.165) is 101 Å². The van der Waals surface area contributed by atoms with Crippen LogP contribution in [0.3, 0.4) is 0 Å². The summed E-state index contributed by atoms with van der Waals surface area (Å²) >= 11 is 0. The van der Waals surface area contributed by atoms with Crippen molar-refractivity contribution in [3.05, 3.63) is 219 Å². The first-order valence-corrected chi connectivity index (χ1v) is 19.6. The maximum absolute atomic E-state index is 6.30. The predicted octanol–water partition coefficient (Wildman–Crippen LogP) is 14.8. The molecule has 0 atom stereocenters. The fourth-order valence-electron chi connectivity index (χ4n) is 8.62. The Morgan fingerprint density at radius 1 is 0.276 bits per heavy atom. The molecule has 0 unspecified atom stereocenters. The maximum Gasteiger partial charge on any atom is 0.135 e. The van der Waals surface area contributed by atoms with E-state index in [4.69, 9.17) is 8.83 Å². The zero-order valence-corrected chi connectivity index (χ0v) is 31.5. The van der Waals surface area contributed by atoms with Crippen LogP contribution in [0.5, 0.6) is 0 Å². The van der Waals surface area contributed by atoms with E-state index < -0.39 is 0 Å². The van der Waals surface area contributed by atoms with E-state index in [1.165, 1.54) is 0 Å². The summed E-state index contributed by atoms with van der Waals surface area (Å²) < 4.78 is 17.4. The molecule has 0 fully saturated rings. The number of furan rings is 2. The first-order chi connectivity index (χ1) is 28.8. The highest BCUT2D eigenvalue weighted by Crippen LogP contribution is 2.46. The molecule has 0 aliphatic heterocycles. The van der Waals surface area contributed by atoms with E-state index in [9.17, 15) is 0 Å². The number of benzene rings is 7. The SMILES string of the molecule is c1ccc(-c2ccc(-c3ccccc3)n2-c2ccc3c(-c4ccco4)c4cc(-n5c(-c6ccccc6)ccc5-c5ccccc5)ccc4c(-c4ccco4)c3c2)cc1. The summed E-state index contributed by atoms with van der Waals surface area (Å²) in [5, 5.41) is 4.29. The molecule has 0 N–H and O–H groups in total. The second kappa shape index (κ2) is 14.0. The topological polar surface area (TPSA) is 36.1 Å². The first kappa shape index (κ1) is 33.5. The van der Waals surface area contributed by atoms with Crippen molar-refractivity contribution in [3.63, 3.8) is 0 Å². The van der Waals surface area contributed by atoms with E-state index in [2.05, 4.69) is 203 Å². The maximum atomic E-state index is 6.30. The summed E-state index contributed by atoms with van der Waals surface area (Å²) in [6.45, 7) is 0. The third-order valence-corrected chi connectivity index (χ3v) is 11.2. The second-order valence-corrected chi connectivity index (χ2v) is 14.5. The molecule has 4 heterocycles. The number of nitrogens with zero attached hydrogens (tertiary/aromatic N) is 2. The largest absolute Gasteiger partial charge is 0.464 e. The minimum absolute atomic E-state index is 0.806. The zero-order valence-electron chi connectivity index (χ0n) is 31.5. The van der Waals surface area contributed by atoms with Crippen LogP contribution in [0.2, 0.25) is 0 Å². The van der Waals surface area contributed by atoms with Crippen LogP contribution in [0.15, 0.2) is 228 Å². The molecular formula is C54H36N2O2. The lowest BCUT2D eigenvalue weighted by molar-refractivity contribution is 0.582. The molecular weight excluding hydrogens is 709 g/mol. The van der Waals surface area contributed by atoms with Gasteiger partial charge in [0, 0.05) is 22.5 Å². The summed E-state index contributed by atoms with van der Waals surface area (Å²) in [4.78, 5) is 0. The van der Waals surface area contributed by atoms with Crippen molar-refractivity contribution in [2.24, 2.45) is 0 Å². The Bertz CT molecular complexity index is 2840. The summed E-state index contributed by atoms with van der Waals surface area (Å²) in [7, 11) is 0. The van der Waals surface area contributed by atoms with Gasteiger partial charge in [-0.05, 0) is 117 Å². The van der Waals surface area contributed by atoms with Crippen LogP contribution in [0.1, 0.15) is 0 Å². The van der Waals surface area contributed by atoms with Crippen molar-refractivity contribution < 1.29 is 8.83 Å². The molecule has 0 saturated heterocycles. The van der Waals surface area contributed by atoms with Crippen LogP contribution < -0.4 is 0 Å². The van der Waals surface area contributed by atoms with Gasteiger partial charge in [0.1, 0.15) is 11.5 Å². The number of hydrogen-bond acceptors (Lipinski definition) is 2. The van der Waals surface area contributed by atoms with Crippen LogP contribution in [0.25, 0.3) is 101 Å². The molecule has 0 bridgehead atoms. The van der Waals surface area contributed by atoms with Crippen LogP contribution in [0, 0.1) is 0 Å². The van der Waals surface area contributed by atoms with E-state index in [-0.39, 0.29) is 0 Å². The van der Waals surface area contributed by atoms with Crippen LogP contribution >= 0.6 is 0 Å². The van der Waals surface area contributed by atoms with Crippen molar-refractivity contribution in [2.75, 3.05) is 0 Å². The van der Waals surface area contributed by atoms with Crippen molar-refractivity contribution in [1.29, 1.82) is 0 Å². The molecule has 4 nitrogen and oxygen atoms in total. The van der Waals surface area contributed by atoms with Crippen LogP contribution in [-0.4, -0.2) is 9.13 Å². The Kier molecular flexibility index (Phi) is 8.11. The molecule has 11 aromatic rings. The third-order valence-electron chi connectivity index (χ3n) is 11.2. The Hall–Kier alpha value is -7.82. The third kappa shape index (κ3) is 5.62. The second-order valence-electron chi connectivity index (χ2n) is 14.5. The van der Waals surface area contributed by atoms with Crippen molar-refractivity contribution in [1.82, 2.24) is 9.13 Å². The fourth-order valence-corrected chi connectivity index (χ4v) is 8.62. The lowest BCUT2D eigenvalue weighted by Crippen LogP contribution is -2.01. The predicted molar refractivity (Wildman–Crippen MR) is 237 cm³/mol. The molecule has 0 amide bonds. The van der Waals surface area contributed by atoms with Gasteiger partial charge in [0.15, 0.2) is 0 Å². The number of aromatic nitrogens is 2. The van der Waals surface area contributed by atoms with Crippen molar-refractivity contribution in [3.8, 4) is 79.1 Å². The Morgan fingerprint density at radius 2 is 0.603 bits per heavy atom. The van der Waals surface area contributed by atoms with E-state index in [1.54, 1.807) is 12.5 Å². The van der Waals surface area contributed by atoms with Gasteiger partial charge in [-0.25, -0.2) is 0 Å². The molecule has 7 aromatic carbocycles. The average molecular weight is 745 g/mol. The van der Waals surface area contributed by atoms with Gasteiger partial charge < -0.3 is 18.0 Å². The minimum atomic E-state index is 0.806. The number of hydrogen-bond donors (Lipinski definition) is 0. The molecule has 11 rings (SSSR count). The summed E-state index contributed by atoms with van der Waals surface area (Å²) in [6.07, 6.45) is 3.52. The highest BCUT2D eigenvalue weighted by atomic mass is 16.3. The van der Waals surface area contributed by atoms with Gasteiger partial charge in [-0.3, -0.25) is 0 Å². The quantitative estimate of drug-likeness (QED) is 0.145. The van der Waals surface area contributed by atoms with Gasteiger partial charge in [0.2, 0.25) is 0 Å². The Morgan fingerprint density at radius 3 is 0.897 bits per heavy atom. The molecule has 58 heavy (non-hydrogen) atoms. The minimum Gasteiger partial charge on any atom is -0.464 e. The smallest absolute Gasteiger partial charge is 0.135 e. The molecule has 0 saturated carbocycles. The van der Waals surface area contributed by atoms with E-state index >= 15 is 0 Å². The van der Waals surface area contributed by atoms with Crippen molar-refractivity contribution in [2.45, 2.75) is 0 Å². The van der Waals surface area contributed by atoms with Gasteiger partial charge in [0.25, 0.3) is 0 Å². The van der Waals surface area contributed by atoms with Gasteiger partial charge in [-0.15, -0.1) is 0 Å². The Labute approximate surface area is 336 Å². The number of fused-ring (bicyclic) bond motifs is 2. The van der Waals surface area contributed by atoms with Gasteiger partial charge in [-0.2, -0.15) is 0 Å².